The van der Waals surface area contributed by atoms with Crippen molar-refractivity contribution < 1.29 is 4.74 Å². The molecule has 0 aliphatic carbocycles. The number of aryl methyl sites for hydroxylation is 1. The van der Waals surface area contributed by atoms with Crippen LogP contribution < -0.4 is 0 Å². The summed E-state index contributed by atoms with van der Waals surface area (Å²) < 4.78 is 8.09. The number of piperazine rings is 1. The van der Waals surface area contributed by atoms with E-state index in [1.807, 2.05) is 6.20 Å². The molecule has 3 heterocycles. The predicted molar refractivity (Wildman–Crippen MR) is 83.2 cm³/mol. The van der Waals surface area contributed by atoms with Crippen LogP contribution in [-0.2, 0) is 17.8 Å². The van der Waals surface area contributed by atoms with Crippen molar-refractivity contribution in [2.45, 2.75) is 45.4 Å². The molecule has 2 aliphatic rings. The fourth-order valence-electron chi connectivity index (χ4n) is 3.35. The highest BCUT2D eigenvalue weighted by Crippen LogP contribution is 2.15. The number of nitrogens with zero attached hydrogens (tertiary/aromatic N) is 4. The highest BCUT2D eigenvalue weighted by atomic mass is 16.5. The van der Waals surface area contributed by atoms with Crippen LogP contribution in [0, 0.1) is 0 Å². The van der Waals surface area contributed by atoms with E-state index in [1.54, 1.807) is 0 Å². The lowest BCUT2D eigenvalue weighted by Gasteiger charge is -2.37. The Hall–Kier alpha value is -0.910. The number of hydrogen-bond acceptors (Lipinski definition) is 4. The third-order valence-corrected chi connectivity index (χ3v) is 4.71. The third-order valence-electron chi connectivity index (χ3n) is 4.71. The van der Waals surface area contributed by atoms with Crippen LogP contribution in [0.3, 0.4) is 0 Å². The summed E-state index contributed by atoms with van der Waals surface area (Å²) in [6, 6.07) is 0. The highest BCUT2D eigenvalue weighted by Gasteiger charge is 2.22. The number of hydrogen-bond donors (Lipinski definition) is 0. The van der Waals surface area contributed by atoms with Crippen LogP contribution in [0.1, 0.15) is 32.0 Å². The molecular formula is C16H28N4O. The van der Waals surface area contributed by atoms with Crippen LogP contribution >= 0.6 is 0 Å². The fraction of sp³-hybridized carbons (Fsp3) is 0.812. The molecule has 0 radical (unpaired) electrons. The van der Waals surface area contributed by atoms with Crippen LogP contribution in [0.5, 0.6) is 0 Å². The molecule has 0 amide bonds. The topological polar surface area (TPSA) is 33.5 Å². The van der Waals surface area contributed by atoms with Gasteiger partial charge in [0.1, 0.15) is 5.82 Å². The minimum atomic E-state index is 0.476. The number of ether oxygens (including phenoxy) is 1. The lowest BCUT2D eigenvalue weighted by atomic mass is 10.1. The second-order valence-electron chi connectivity index (χ2n) is 6.19. The molecule has 1 aromatic heterocycles. The van der Waals surface area contributed by atoms with E-state index in [9.17, 15) is 0 Å². The molecule has 0 bridgehead atoms. The van der Waals surface area contributed by atoms with Crippen molar-refractivity contribution in [1.29, 1.82) is 0 Å². The molecule has 0 aromatic carbocycles. The van der Waals surface area contributed by atoms with Crippen LogP contribution in [-0.4, -0.2) is 64.8 Å². The van der Waals surface area contributed by atoms with E-state index in [1.165, 1.54) is 25.1 Å². The van der Waals surface area contributed by atoms with Crippen molar-refractivity contribution in [2.75, 3.05) is 39.3 Å². The monoisotopic (exact) mass is 292 g/mol. The minimum absolute atomic E-state index is 0.476. The predicted octanol–water partition coefficient (Wildman–Crippen LogP) is 1.59. The summed E-state index contributed by atoms with van der Waals surface area (Å²) in [5.74, 6) is 1.20. The van der Waals surface area contributed by atoms with Gasteiger partial charge in [-0.05, 0) is 26.2 Å². The smallest absolute Gasteiger partial charge is 0.122 e. The maximum absolute atomic E-state index is 5.85. The summed E-state index contributed by atoms with van der Waals surface area (Å²) in [6.45, 7) is 10.9. The van der Waals surface area contributed by atoms with Gasteiger partial charge in [-0.3, -0.25) is 9.80 Å². The lowest BCUT2D eigenvalue weighted by molar-refractivity contribution is -0.0147. The first kappa shape index (κ1) is 15.0. The maximum atomic E-state index is 5.85. The SMILES string of the molecule is CCn1ccnc1CN1CCN(C[C@H]2CCCCO2)CC1. The van der Waals surface area contributed by atoms with Gasteiger partial charge in [0.15, 0.2) is 0 Å². The quantitative estimate of drug-likeness (QED) is 0.825. The second kappa shape index (κ2) is 7.38. The van der Waals surface area contributed by atoms with Gasteiger partial charge < -0.3 is 9.30 Å². The average Bonchev–Trinajstić information content (AvgIpc) is 2.97. The summed E-state index contributed by atoms with van der Waals surface area (Å²) in [5, 5.41) is 0. The Morgan fingerprint density at radius 3 is 2.71 bits per heavy atom. The standard InChI is InChI=1S/C16H28N4O/c1-2-20-7-6-17-16(20)14-19-10-8-18(9-11-19)13-15-5-3-4-12-21-15/h6-7,15H,2-5,8-14H2,1H3/t15-/m1/s1. The average molecular weight is 292 g/mol. The minimum Gasteiger partial charge on any atom is -0.377 e. The fourth-order valence-corrected chi connectivity index (χ4v) is 3.35. The Bertz CT molecular complexity index is 420. The summed E-state index contributed by atoms with van der Waals surface area (Å²) in [4.78, 5) is 9.57. The van der Waals surface area contributed by atoms with Gasteiger partial charge in [0.2, 0.25) is 0 Å². The van der Waals surface area contributed by atoms with Gasteiger partial charge in [0.25, 0.3) is 0 Å². The molecule has 0 unspecified atom stereocenters. The molecule has 21 heavy (non-hydrogen) atoms. The van der Waals surface area contributed by atoms with E-state index in [2.05, 4.69) is 32.5 Å². The van der Waals surface area contributed by atoms with Crippen molar-refractivity contribution in [3.05, 3.63) is 18.2 Å². The molecule has 0 spiro atoms. The number of rotatable bonds is 5. The van der Waals surface area contributed by atoms with Gasteiger partial charge in [0.05, 0.1) is 12.6 Å². The summed E-state index contributed by atoms with van der Waals surface area (Å²) in [6.07, 6.45) is 8.29. The Balaban J connectivity index is 1.42. The van der Waals surface area contributed by atoms with Gasteiger partial charge in [-0.2, -0.15) is 0 Å². The molecule has 118 valence electrons. The first-order valence-electron chi connectivity index (χ1n) is 8.41. The zero-order chi connectivity index (χ0) is 14.5. The Morgan fingerprint density at radius 1 is 1.19 bits per heavy atom. The normalized spacial score (nSPS) is 25.3. The molecule has 2 aliphatic heterocycles. The molecule has 1 atom stereocenters. The van der Waals surface area contributed by atoms with E-state index < -0.39 is 0 Å². The molecule has 2 fully saturated rings. The van der Waals surface area contributed by atoms with E-state index in [4.69, 9.17) is 4.74 Å². The molecule has 5 heteroatoms. The van der Waals surface area contributed by atoms with Crippen LogP contribution in [0.25, 0.3) is 0 Å². The van der Waals surface area contributed by atoms with Gasteiger partial charge in [0, 0.05) is 58.3 Å². The van der Waals surface area contributed by atoms with Crippen LogP contribution in [0.15, 0.2) is 12.4 Å². The zero-order valence-corrected chi connectivity index (χ0v) is 13.2. The number of aromatic nitrogens is 2. The molecule has 3 rings (SSSR count). The van der Waals surface area contributed by atoms with Crippen molar-refractivity contribution in [1.82, 2.24) is 19.4 Å². The second-order valence-corrected chi connectivity index (χ2v) is 6.19. The molecule has 2 saturated heterocycles. The summed E-state index contributed by atoms with van der Waals surface area (Å²) >= 11 is 0. The van der Waals surface area contributed by atoms with Crippen molar-refractivity contribution >= 4 is 0 Å². The molecule has 0 N–H and O–H groups in total. The summed E-state index contributed by atoms with van der Waals surface area (Å²) in [7, 11) is 0. The maximum Gasteiger partial charge on any atom is 0.122 e. The van der Waals surface area contributed by atoms with Crippen LogP contribution in [0.4, 0.5) is 0 Å². The first-order valence-corrected chi connectivity index (χ1v) is 8.41. The van der Waals surface area contributed by atoms with E-state index in [0.29, 0.717) is 6.10 Å². The highest BCUT2D eigenvalue weighted by molar-refractivity contribution is 4.93. The van der Waals surface area contributed by atoms with Gasteiger partial charge in [-0.1, -0.05) is 0 Å². The van der Waals surface area contributed by atoms with E-state index in [0.717, 1.165) is 52.4 Å². The van der Waals surface area contributed by atoms with Gasteiger partial charge in [-0.15, -0.1) is 0 Å². The largest absolute Gasteiger partial charge is 0.377 e. The third kappa shape index (κ3) is 4.05. The van der Waals surface area contributed by atoms with E-state index in [-0.39, 0.29) is 0 Å². The molecular weight excluding hydrogens is 264 g/mol. The van der Waals surface area contributed by atoms with Crippen molar-refractivity contribution in [3.8, 4) is 0 Å². The Kier molecular flexibility index (Phi) is 5.27. The van der Waals surface area contributed by atoms with Gasteiger partial charge in [-0.25, -0.2) is 4.98 Å². The lowest BCUT2D eigenvalue weighted by Crippen LogP contribution is -2.49. The van der Waals surface area contributed by atoms with Gasteiger partial charge >= 0.3 is 0 Å². The molecule has 1 aromatic rings. The Labute approximate surface area is 127 Å². The van der Waals surface area contributed by atoms with E-state index >= 15 is 0 Å². The number of imidazole rings is 1. The van der Waals surface area contributed by atoms with Crippen molar-refractivity contribution in [3.63, 3.8) is 0 Å². The van der Waals surface area contributed by atoms with Crippen LogP contribution in [0.2, 0.25) is 0 Å². The Morgan fingerprint density at radius 2 is 2.00 bits per heavy atom. The zero-order valence-electron chi connectivity index (χ0n) is 13.2. The summed E-state index contributed by atoms with van der Waals surface area (Å²) in [5.41, 5.74) is 0. The van der Waals surface area contributed by atoms with Crippen molar-refractivity contribution in [2.24, 2.45) is 0 Å². The molecule has 5 nitrogen and oxygen atoms in total. The first-order chi connectivity index (χ1) is 10.3. The molecule has 0 saturated carbocycles.